The molecule has 0 unspecified atom stereocenters. The number of benzene rings is 2. The highest BCUT2D eigenvalue weighted by Crippen LogP contribution is 2.32. The van der Waals surface area contributed by atoms with Gasteiger partial charge in [-0.2, -0.15) is 0 Å². The van der Waals surface area contributed by atoms with Crippen molar-refractivity contribution in [2.45, 2.75) is 25.7 Å². The molecular weight excluding hydrogens is 420 g/mol. The van der Waals surface area contributed by atoms with Crippen molar-refractivity contribution in [3.63, 3.8) is 0 Å². The van der Waals surface area contributed by atoms with Crippen LogP contribution in [0.25, 0.3) is 0 Å². The maximum atomic E-state index is 12.4. The Labute approximate surface area is 184 Å². The lowest BCUT2D eigenvalue weighted by molar-refractivity contribution is -0.117. The molecule has 2 amide bonds. The van der Waals surface area contributed by atoms with Gasteiger partial charge in [-0.05, 0) is 55.0 Å². The third-order valence-corrected chi connectivity index (χ3v) is 5.12. The molecule has 0 spiro atoms. The molecule has 0 bridgehead atoms. The molecule has 2 heterocycles. The molecule has 1 fully saturated rings. The SMILES string of the molecule is CCCOc1ccc(C(=O)Nc2nnc([C@H]3CC(=O)N(c4ccc(Cl)cc4)C3)o2)cc1. The van der Waals surface area contributed by atoms with Crippen LogP contribution in [0.5, 0.6) is 5.75 Å². The molecule has 1 aliphatic heterocycles. The summed E-state index contributed by atoms with van der Waals surface area (Å²) in [4.78, 5) is 26.5. The van der Waals surface area contributed by atoms with Crippen molar-refractivity contribution < 1.29 is 18.7 Å². The Morgan fingerprint density at radius 3 is 2.65 bits per heavy atom. The average Bonchev–Trinajstić information content (AvgIpc) is 3.40. The second-order valence-electron chi connectivity index (χ2n) is 7.15. The zero-order valence-corrected chi connectivity index (χ0v) is 17.6. The van der Waals surface area contributed by atoms with Crippen LogP contribution in [0.2, 0.25) is 5.02 Å². The first-order chi connectivity index (χ1) is 15.0. The minimum atomic E-state index is -0.373. The molecule has 3 aromatic rings. The van der Waals surface area contributed by atoms with E-state index in [9.17, 15) is 9.59 Å². The highest BCUT2D eigenvalue weighted by Gasteiger charge is 2.35. The number of rotatable bonds is 7. The summed E-state index contributed by atoms with van der Waals surface area (Å²) in [5.74, 6) is 0.346. The summed E-state index contributed by atoms with van der Waals surface area (Å²) in [5.41, 5.74) is 1.20. The van der Waals surface area contributed by atoms with Crippen LogP contribution in [-0.2, 0) is 4.79 Å². The number of carbonyl (C=O) groups excluding carboxylic acids is 2. The van der Waals surface area contributed by atoms with Gasteiger partial charge in [-0.1, -0.05) is 23.6 Å². The van der Waals surface area contributed by atoms with E-state index < -0.39 is 0 Å². The number of anilines is 2. The third-order valence-electron chi connectivity index (χ3n) is 4.86. The van der Waals surface area contributed by atoms with Crippen LogP contribution in [0.3, 0.4) is 0 Å². The molecule has 4 rings (SSSR count). The van der Waals surface area contributed by atoms with Gasteiger partial charge in [0.1, 0.15) is 5.75 Å². The summed E-state index contributed by atoms with van der Waals surface area (Å²) in [5, 5.41) is 11.1. The number of nitrogens with zero attached hydrogens (tertiary/aromatic N) is 3. The lowest BCUT2D eigenvalue weighted by Gasteiger charge is -2.16. The molecular formula is C22H21ClN4O4. The Balaban J connectivity index is 1.38. The summed E-state index contributed by atoms with van der Waals surface area (Å²) >= 11 is 5.92. The van der Waals surface area contributed by atoms with Crippen molar-refractivity contribution in [2.75, 3.05) is 23.4 Å². The summed E-state index contributed by atoms with van der Waals surface area (Å²) in [6.07, 6.45) is 1.16. The number of amides is 2. The van der Waals surface area contributed by atoms with Crippen LogP contribution in [0.1, 0.15) is 41.9 Å². The van der Waals surface area contributed by atoms with E-state index in [1.165, 1.54) is 0 Å². The Morgan fingerprint density at radius 1 is 1.19 bits per heavy atom. The van der Waals surface area contributed by atoms with Crippen LogP contribution >= 0.6 is 11.6 Å². The van der Waals surface area contributed by atoms with E-state index in [0.29, 0.717) is 35.4 Å². The maximum Gasteiger partial charge on any atom is 0.322 e. The largest absolute Gasteiger partial charge is 0.494 e. The summed E-state index contributed by atoms with van der Waals surface area (Å²) < 4.78 is 11.1. The molecule has 0 radical (unpaired) electrons. The standard InChI is InChI=1S/C22H21ClN4O4/c1-2-11-30-18-9-3-14(4-10-18)20(29)24-22-26-25-21(31-22)15-12-19(28)27(13-15)17-7-5-16(23)6-8-17/h3-10,15H,2,11-13H2,1H3,(H,24,26,29)/t15-/m0/s1. The molecule has 31 heavy (non-hydrogen) atoms. The molecule has 1 saturated heterocycles. The zero-order chi connectivity index (χ0) is 21.8. The van der Waals surface area contributed by atoms with Crippen molar-refractivity contribution in [3.05, 3.63) is 65.0 Å². The second kappa shape index (κ2) is 9.18. The molecule has 160 valence electrons. The van der Waals surface area contributed by atoms with E-state index in [-0.39, 0.29) is 30.2 Å². The van der Waals surface area contributed by atoms with Gasteiger partial charge in [-0.25, -0.2) is 0 Å². The summed E-state index contributed by atoms with van der Waals surface area (Å²) in [6.45, 7) is 3.06. The van der Waals surface area contributed by atoms with Gasteiger partial charge in [0.15, 0.2) is 0 Å². The van der Waals surface area contributed by atoms with Gasteiger partial charge in [0.2, 0.25) is 11.8 Å². The first-order valence-electron chi connectivity index (χ1n) is 9.97. The van der Waals surface area contributed by atoms with Gasteiger partial charge < -0.3 is 14.1 Å². The van der Waals surface area contributed by atoms with Crippen molar-refractivity contribution >= 4 is 35.1 Å². The van der Waals surface area contributed by atoms with Gasteiger partial charge in [0, 0.05) is 29.2 Å². The smallest absolute Gasteiger partial charge is 0.322 e. The monoisotopic (exact) mass is 440 g/mol. The number of aromatic nitrogens is 2. The molecule has 0 saturated carbocycles. The number of ether oxygens (including phenoxy) is 1. The van der Waals surface area contributed by atoms with E-state index in [0.717, 1.165) is 12.1 Å². The third kappa shape index (κ3) is 4.86. The molecule has 2 aromatic carbocycles. The molecule has 1 aliphatic rings. The van der Waals surface area contributed by atoms with Crippen molar-refractivity contribution in [3.8, 4) is 5.75 Å². The number of hydrogen-bond acceptors (Lipinski definition) is 6. The van der Waals surface area contributed by atoms with Crippen LogP contribution in [-0.4, -0.2) is 35.2 Å². The van der Waals surface area contributed by atoms with Gasteiger partial charge >= 0.3 is 6.01 Å². The topological polar surface area (TPSA) is 97.6 Å². The molecule has 1 N–H and O–H groups in total. The van der Waals surface area contributed by atoms with Gasteiger partial charge in [-0.15, -0.1) is 5.10 Å². The summed E-state index contributed by atoms with van der Waals surface area (Å²) in [6, 6.07) is 13.8. The Bertz CT molecular complexity index is 1070. The van der Waals surface area contributed by atoms with Gasteiger partial charge in [0.25, 0.3) is 5.91 Å². The molecule has 9 heteroatoms. The number of hydrogen-bond donors (Lipinski definition) is 1. The van der Waals surface area contributed by atoms with Crippen molar-refractivity contribution in [2.24, 2.45) is 0 Å². The first-order valence-corrected chi connectivity index (χ1v) is 10.3. The molecule has 1 atom stereocenters. The van der Waals surface area contributed by atoms with Gasteiger partial charge in [-0.3, -0.25) is 14.9 Å². The minimum Gasteiger partial charge on any atom is -0.494 e. The number of carbonyl (C=O) groups is 2. The Kier molecular flexibility index (Phi) is 6.18. The Hall–Kier alpha value is -3.39. The van der Waals surface area contributed by atoms with Crippen LogP contribution < -0.4 is 15.0 Å². The van der Waals surface area contributed by atoms with E-state index in [1.54, 1.807) is 53.4 Å². The van der Waals surface area contributed by atoms with E-state index in [2.05, 4.69) is 15.5 Å². The van der Waals surface area contributed by atoms with Crippen molar-refractivity contribution in [1.82, 2.24) is 10.2 Å². The van der Waals surface area contributed by atoms with Crippen LogP contribution in [0.4, 0.5) is 11.7 Å². The normalized spacial score (nSPS) is 15.9. The molecule has 8 nitrogen and oxygen atoms in total. The van der Waals surface area contributed by atoms with Gasteiger partial charge in [0.05, 0.1) is 12.5 Å². The predicted octanol–water partition coefficient (Wildman–Crippen LogP) is 4.28. The van der Waals surface area contributed by atoms with E-state index in [1.807, 2.05) is 6.92 Å². The highest BCUT2D eigenvalue weighted by atomic mass is 35.5. The zero-order valence-electron chi connectivity index (χ0n) is 16.9. The summed E-state index contributed by atoms with van der Waals surface area (Å²) in [7, 11) is 0. The minimum absolute atomic E-state index is 0.0105. The molecule has 0 aliphatic carbocycles. The lowest BCUT2D eigenvalue weighted by Crippen LogP contribution is -2.24. The van der Waals surface area contributed by atoms with Crippen molar-refractivity contribution in [1.29, 1.82) is 0 Å². The second-order valence-corrected chi connectivity index (χ2v) is 7.59. The maximum absolute atomic E-state index is 12.4. The highest BCUT2D eigenvalue weighted by molar-refractivity contribution is 6.30. The quantitative estimate of drug-likeness (QED) is 0.588. The van der Waals surface area contributed by atoms with E-state index >= 15 is 0 Å². The van der Waals surface area contributed by atoms with E-state index in [4.69, 9.17) is 20.8 Å². The first kappa shape index (κ1) is 20.9. The van der Waals surface area contributed by atoms with Crippen LogP contribution in [0, 0.1) is 0 Å². The fourth-order valence-corrected chi connectivity index (χ4v) is 3.41. The molecule has 1 aromatic heterocycles. The fraction of sp³-hybridized carbons (Fsp3) is 0.273. The predicted molar refractivity (Wildman–Crippen MR) is 116 cm³/mol. The number of nitrogens with one attached hydrogen (secondary N) is 1. The average molecular weight is 441 g/mol. The fourth-order valence-electron chi connectivity index (χ4n) is 3.29. The number of halogens is 1. The Morgan fingerprint density at radius 2 is 1.94 bits per heavy atom. The van der Waals surface area contributed by atoms with Crippen LogP contribution in [0.15, 0.2) is 52.9 Å². The lowest BCUT2D eigenvalue weighted by atomic mass is 10.1.